The monoisotopic (exact) mass is 336 g/mol. The van der Waals surface area contributed by atoms with Gasteiger partial charge in [-0.05, 0) is 43.3 Å². The summed E-state index contributed by atoms with van der Waals surface area (Å²) in [4.78, 5) is 12.0. The standard InChI is InChI=1S/C16H20N4O2.ClH/c1-22-15-4-2-14(3-5-15)20-9-7-13(19-20)11-18-16(21)12-6-8-17-10-12;/h2-5,7,9,12,17H,6,8,10-11H2,1H3,(H,18,21);1H. The minimum absolute atomic E-state index is 0. The van der Waals surface area contributed by atoms with Gasteiger partial charge in [-0.3, -0.25) is 4.79 Å². The smallest absolute Gasteiger partial charge is 0.224 e. The van der Waals surface area contributed by atoms with Gasteiger partial charge in [0, 0.05) is 12.7 Å². The number of rotatable bonds is 5. The van der Waals surface area contributed by atoms with Crippen molar-refractivity contribution in [3.63, 3.8) is 0 Å². The third kappa shape index (κ3) is 4.24. The fourth-order valence-corrected chi connectivity index (χ4v) is 2.54. The molecule has 1 unspecified atom stereocenters. The Morgan fingerprint density at radius 3 is 2.83 bits per heavy atom. The molecule has 1 saturated heterocycles. The van der Waals surface area contributed by atoms with Crippen LogP contribution in [0.1, 0.15) is 12.1 Å². The molecule has 0 bridgehead atoms. The molecule has 1 atom stereocenters. The number of amides is 1. The Morgan fingerprint density at radius 1 is 1.39 bits per heavy atom. The molecule has 2 N–H and O–H groups in total. The number of aromatic nitrogens is 2. The first-order chi connectivity index (χ1) is 10.8. The first-order valence-corrected chi connectivity index (χ1v) is 7.43. The summed E-state index contributed by atoms with van der Waals surface area (Å²) in [6, 6.07) is 9.59. The van der Waals surface area contributed by atoms with Gasteiger partial charge in [0.25, 0.3) is 0 Å². The molecule has 1 aliphatic heterocycles. The van der Waals surface area contributed by atoms with E-state index in [9.17, 15) is 4.79 Å². The number of carbonyl (C=O) groups is 1. The fourth-order valence-electron chi connectivity index (χ4n) is 2.54. The van der Waals surface area contributed by atoms with Crippen molar-refractivity contribution in [3.05, 3.63) is 42.2 Å². The van der Waals surface area contributed by atoms with Crippen LogP contribution < -0.4 is 15.4 Å². The number of nitrogens with one attached hydrogen (secondary N) is 2. The molecule has 1 aliphatic rings. The molecule has 1 aromatic carbocycles. The van der Waals surface area contributed by atoms with E-state index in [1.807, 2.05) is 36.5 Å². The van der Waals surface area contributed by atoms with Crippen LogP contribution in [0, 0.1) is 5.92 Å². The third-order valence-corrected chi connectivity index (χ3v) is 3.86. The summed E-state index contributed by atoms with van der Waals surface area (Å²) < 4.78 is 6.93. The predicted molar refractivity (Wildman–Crippen MR) is 90.2 cm³/mol. The van der Waals surface area contributed by atoms with Crippen molar-refractivity contribution in [2.45, 2.75) is 13.0 Å². The summed E-state index contributed by atoms with van der Waals surface area (Å²) in [5.41, 5.74) is 1.80. The lowest BCUT2D eigenvalue weighted by atomic mass is 10.1. The molecule has 2 aromatic rings. The van der Waals surface area contributed by atoms with Gasteiger partial charge in [-0.25, -0.2) is 4.68 Å². The van der Waals surface area contributed by atoms with Gasteiger partial charge in [-0.15, -0.1) is 12.4 Å². The van der Waals surface area contributed by atoms with Gasteiger partial charge in [-0.2, -0.15) is 5.10 Å². The lowest BCUT2D eigenvalue weighted by molar-refractivity contribution is -0.124. The van der Waals surface area contributed by atoms with Crippen LogP contribution in [0.2, 0.25) is 0 Å². The third-order valence-electron chi connectivity index (χ3n) is 3.86. The maximum absolute atomic E-state index is 12.0. The summed E-state index contributed by atoms with van der Waals surface area (Å²) in [7, 11) is 1.64. The lowest BCUT2D eigenvalue weighted by Gasteiger charge is -2.08. The largest absolute Gasteiger partial charge is 0.497 e. The van der Waals surface area contributed by atoms with Gasteiger partial charge in [0.15, 0.2) is 0 Å². The molecule has 0 spiro atoms. The minimum Gasteiger partial charge on any atom is -0.497 e. The van der Waals surface area contributed by atoms with Crippen LogP contribution in [0.15, 0.2) is 36.5 Å². The highest BCUT2D eigenvalue weighted by Gasteiger charge is 2.21. The quantitative estimate of drug-likeness (QED) is 0.869. The second-order valence-electron chi connectivity index (χ2n) is 5.36. The van der Waals surface area contributed by atoms with E-state index in [0.29, 0.717) is 6.54 Å². The molecule has 3 rings (SSSR count). The fraction of sp³-hybridized carbons (Fsp3) is 0.375. The Kier molecular flexibility index (Phi) is 6.01. The second-order valence-corrected chi connectivity index (χ2v) is 5.36. The molecular weight excluding hydrogens is 316 g/mol. The maximum Gasteiger partial charge on any atom is 0.224 e. The number of methoxy groups -OCH3 is 1. The van der Waals surface area contributed by atoms with Crippen LogP contribution in [0.5, 0.6) is 5.75 Å². The van der Waals surface area contributed by atoms with E-state index < -0.39 is 0 Å². The van der Waals surface area contributed by atoms with E-state index in [1.54, 1.807) is 11.8 Å². The van der Waals surface area contributed by atoms with Crippen molar-refractivity contribution >= 4 is 18.3 Å². The average molecular weight is 337 g/mol. The molecule has 6 nitrogen and oxygen atoms in total. The molecule has 1 fully saturated rings. The number of hydrogen-bond acceptors (Lipinski definition) is 4. The SMILES string of the molecule is COc1ccc(-n2ccc(CNC(=O)C3CCNC3)n2)cc1.Cl. The van der Waals surface area contributed by atoms with Crippen LogP contribution in [0.25, 0.3) is 5.69 Å². The number of ether oxygens (including phenoxy) is 1. The van der Waals surface area contributed by atoms with E-state index in [2.05, 4.69) is 15.7 Å². The Bertz CT molecular complexity index is 636. The zero-order valence-electron chi connectivity index (χ0n) is 13.0. The Hall–Kier alpha value is -2.05. The molecule has 124 valence electrons. The summed E-state index contributed by atoms with van der Waals surface area (Å²) in [5, 5.41) is 10.6. The van der Waals surface area contributed by atoms with Crippen LogP contribution >= 0.6 is 12.4 Å². The van der Waals surface area contributed by atoms with Crippen LogP contribution in [0.3, 0.4) is 0 Å². The minimum atomic E-state index is 0. The maximum atomic E-state index is 12.0. The highest BCUT2D eigenvalue weighted by atomic mass is 35.5. The Balaban J connectivity index is 0.00000192. The van der Waals surface area contributed by atoms with Crippen molar-refractivity contribution in [3.8, 4) is 11.4 Å². The number of carbonyl (C=O) groups excluding carboxylic acids is 1. The van der Waals surface area contributed by atoms with Crippen molar-refractivity contribution < 1.29 is 9.53 Å². The van der Waals surface area contributed by atoms with Crippen molar-refractivity contribution in [1.82, 2.24) is 20.4 Å². The number of halogens is 1. The molecule has 0 radical (unpaired) electrons. The zero-order valence-corrected chi connectivity index (χ0v) is 13.8. The molecular formula is C16H21ClN4O2. The normalized spacial score (nSPS) is 16.7. The Labute approximate surface area is 141 Å². The second kappa shape index (κ2) is 7.99. The van der Waals surface area contributed by atoms with Gasteiger partial charge in [0.05, 0.1) is 31.0 Å². The van der Waals surface area contributed by atoms with Crippen LogP contribution in [0.4, 0.5) is 0 Å². The highest BCUT2D eigenvalue weighted by molar-refractivity contribution is 5.85. The highest BCUT2D eigenvalue weighted by Crippen LogP contribution is 2.14. The first kappa shape index (κ1) is 17.3. The van der Waals surface area contributed by atoms with Gasteiger partial charge < -0.3 is 15.4 Å². The molecule has 23 heavy (non-hydrogen) atoms. The van der Waals surface area contributed by atoms with E-state index in [1.165, 1.54) is 0 Å². The van der Waals surface area contributed by atoms with E-state index in [-0.39, 0.29) is 24.2 Å². The topological polar surface area (TPSA) is 68.2 Å². The number of nitrogens with zero attached hydrogens (tertiary/aromatic N) is 2. The summed E-state index contributed by atoms with van der Waals surface area (Å²) in [5.74, 6) is 1.00. The van der Waals surface area contributed by atoms with E-state index in [0.717, 1.165) is 36.6 Å². The number of benzene rings is 1. The summed E-state index contributed by atoms with van der Waals surface area (Å²) in [6.07, 6.45) is 2.80. The number of hydrogen-bond donors (Lipinski definition) is 2. The molecule has 1 aromatic heterocycles. The molecule has 0 aliphatic carbocycles. The molecule has 1 amide bonds. The van der Waals surface area contributed by atoms with Crippen LogP contribution in [-0.2, 0) is 11.3 Å². The predicted octanol–water partition coefficient (Wildman–Crippen LogP) is 1.53. The zero-order chi connectivity index (χ0) is 15.4. The lowest BCUT2D eigenvalue weighted by Crippen LogP contribution is -2.31. The van der Waals surface area contributed by atoms with Crippen LogP contribution in [-0.4, -0.2) is 35.9 Å². The summed E-state index contributed by atoms with van der Waals surface area (Å²) >= 11 is 0. The first-order valence-electron chi connectivity index (χ1n) is 7.43. The van der Waals surface area contributed by atoms with Gasteiger partial charge in [0.1, 0.15) is 5.75 Å². The van der Waals surface area contributed by atoms with Crippen molar-refractivity contribution in [1.29, 1.82) is 0 Å². The Morgan fingerprint density at radius 2 is 2.17 bits per heavy atom. The molecule has 0 saturated carbocycles. The van der Waals surface area contributed by atoms with E-state index >= 15 is 0 Å². The van der Waals surface area contributed by atoms with Gasteiger partial charge in [0.2, 0.25) is 5.91 Å². The van der Waals surface area contributed by atoms with E-state index in [4.69, 9.17) is 4.74 Å². The molecule has 7 heteroatoms. The van der Waals surface area contributed by atoms with Gasteiger partial charge >= 0.3 is 0 Å². The summed E-state index contributed by atoms with van der Waals surface area (Å²) in [6.45, 7) is 2.15. The average Bonchev–Trinajstić information content (AvgIpc) is 3.24. The van der Waals surface area contributed by atoms with Crippen molar-refractivity contribution in [2.24, 2.45) is 5.92 Å². The van der Waals surface area contributed by atoms with Gasteiger partial charge in [-0.1, -0.05) is 0 Å². The molecule has 2 heterocycles. The van der Waals surface area contributed by atoms with Crippen molar-refractivity contribution in [2.75, 3.05) is 20.2 Å².